The number of para-hydroxylation sites is 1. The minimum Gasteiger partial charge on any atom is -0.324 e. The zero-order chi connectivity index (χ0) is 14.7. The van der Waals surface area contributed by atoms with Gasteiger partial charge < -0.3 is 10.2 Å². The summed E-state index contributed by atoms with van der Waals surface area (Å²) in [4.78, 5) is 16.9. The predicted molar refractivity (Wildman–Crippen MR) is 85.6 cm³/mol. The van der Waals surface area contributed by atoms with Crippen molar-refractivity contribution in [1.82, 2.24) is 10.2 Å². The second-order valence-corrected chi connectivity index (χ2v) is 6.02. The summed E-state index contributed by atoms with van der Waals surface area (Å²) in [5.74, 6) is 0. The molecular weight excluding hydrogens is 262 g/mol. The van der Waals surface area contributed by atoms with Crippen molar-refractivity contribution in [3.63, 3.8) is 0 Å². The van der Waals surface area contributed by atoms with E-state index in [0.29, 0.717) is 6.04 Å². The van der Waals surface area contributed by atoms with Gasteiger partial charge in [-0.05, 0) is 37.9 Å². The van der Waals surface area contributed by atoms with Crippen LogP contribution in [-0.4, -0.2) is 37.6 Å². The first kappa shape index (κ1) is 14.4. The molecule has 1 atom stereocenters. The number of hydrogen-bond acceptors (Lipinski definition) is 2. The van der Waals surface area contributed by atoms with E-state index >= 15 is 0 Å². The lowest BCUT2D eigenvalue weighted by Crippen LogP contribution is -2.47. The quantitative estimate of drug-likeness (QED) is 0.861. The molecule has 1 unspecified atom stereocenters. The lowest BCUT2D eigenvalue weighted by atomic mass is 9.97. The molecule has 1 fully saturated rings. The minimum atomic E-state index is 0.193. The van der Waals surface area contributed by atoms with Gasteiger partial charge in [0.05, 0.1) is 5.69 Å². The van der Waals surface area contributed by atoms with E-state index in [1.807, 2.05) is 22.9 Å². The summed E-state index contributed by atoms with van der Waals surface area (Å²) in [6, 6.07) is 8.85. The average Bonchev–Trinajstić information content (AvgIpc) is 2.82. The highest BCUT2D eigenvalue weighted by Gasteiger charge is 2.30. The summed E-state index contributed by atoms with van der Waals surface area (Å²) in [6.07, 6.45) is 5.76. The van der Waals surface area contributed by atoms with Crippen molar-refractivity contribution in [2.75, 3.05) is 31.6 Å². The fourth-order valence-corrected chi connectivity index (χ4v) is 3.49. The molecule has 1 saturated heterocycles. The largest absolute Gasteiger partial charge is 0.324 e. The van der Waals surface area contributed by atoms with Gasteiger partial charge in [-0.25, -0.2) is 4.79 Å². The van der Waals surface area contributed by atoms with Crippen LogP contribution in [0.25, 0.3) is 0 Å². The summed E-state index contributed by atoms with van der Waals surface area (Å²) in [6.45, 7) is 2.62. The Hall–Kier alpha value is -1.55. The molecule has 21 heavy (non-hydrogen) atoms. The van der Waals surface area contributed by atoms with Gasteiger partial charge in [0.1, 0.15) is 0 Å². The third-order valence-electron chi connectivity index (χ3n) is 4.70. The molecule has 2 amide bonds. The number of likely N-dealkylation sites (tertiary alicyclic amines) is 1. The number of carbonyl (C=O) groups excluding carboxylic acids is 1. The van der Waals surface area contributed by atoms with E-state index in [2.05, 4.69) is 23.5 Å². The second kappa shape index (κ2) is 6.48. The Kier molecular flexibility index (Phi) is 4.44. The first-order chi connectivity index (χ1) is 10.3. The predicted octanol–water partition coefficient (Wildman–Crippen LogP) is 3.15. The number of benzene rings is 1. The van der Waals surface area contributed by atoms with Gasteiger partial charge in [0, 0.05) is 25.7 Å². The molecule has 0 spiro atoms. The SMILES string of the molecule is CNC1CCN(C(=O)N2CCCCCC2)c2ccccc21. The molecular formula is C17H25N3O. The van der Waals surface area contributed by atoms with Crippen LogP contribution in [0, 0.1) is 0 Å². The lowest BCUT2D eigenvalue weighted by molar-refractivity contribution is 0.205. The maximum atomic E-state index is 12.9. The summed E-state index contributed by atoms with van der Waals surface area (Å²) in [7, 11) is 1.99. The van der Waals surface area contributed by atoms with E-state index in [1.165, 1.54) is 18.4 Å². The van der Waals surface area contributed by atoms with Crippen molar-refractivity contribution < 1.29 is 4.79 Å². The normalized spacial score (nSPS) is 22.6. The zero-order valence-corrected chi connectivity index (χ0v) is 12.8. The van der Waals surface area contributed by atoms with Crippen molar-refractivity contribution >= 4 is 11.7 Å². The Balaban J connectivity index is 1.83. The molecule has 1 N–H and O–H groups in total. The molecule has 0 saturated carbocycles. The Morgan fingerprint density at radius 2 is 1.81 bits per heavy atom. The molecule has 0 aromatic heterocycles. The molecule has 2 aliphatic heterocycles. The second-order valence-electron chi connectivity index (χ2n) is 6.02. The van der Waals surface area contributed by atoms with Crippen LogP contribution in [0.3, 0.4) is 0 Å². The van der Waals surface area contributed by atoms with Crippen LogP contribution < -0.4 is 10.2 Å². The minimum absolute atomic E-state index is 0.193. The van der Waals surface area contributed by atoms with Gasteiger partial charge in [-0.2, -0.15) is 0 Å². The van der Waals surface area contributed by atoms with E-state index in [-0.39, 0.29) is 6.03 Å². The number of rotatable bonds is 1. The zero-order valence-electron chi connectivity index (χ0n) is 12.8. The number of urea groups is 1. The molecule has 1 aromatic rings. The Bertz CT molecular complexity index is 495. The molecule has 114 valence electrons. The highest BCUT2D eigenvalue weighted by Crippen LogP contribution is 2.34. The molecule has 1 aromatic carbocycles. The monoisotopic (exact) mass is 287 g/mol. The van der Waals surface area contributed by atoms with Gasteiger partial charge >= 0.3 is 6.03 Å². The van der Waals surface area contributed by atoms with Crippen molar-refractivity contribution in [2.45, 2.75) is 38.1 Å². The van der Waals surface area contributed by atoms with Crippen LogP contribution in [0.4, 0.5) is 10.5 Å². The van der Waals surface area contributed by atoms with Crippen LogP contribution in [0.2, 0.25) is 0 Å². The first-order valence-electron chi connectivity index (χ1n) is 8.14. The van der Waals surface area contributed by atoms with Gasteiger partial charge in [-0.1, -0.05) is 31.0 Å². The van der Waals surface area contributed by atoms with Crippen LogP contribution in [0.15, 0.2) is 24.3 Å². The highest BCUT2D eigenvalue weighted by atomic mass is 16.2. The first-order valence-corrected chi connectivity index (χ1v) is 8.14. The third-order valence-corrected chi connectivity index (χ3v) is 4.70. The molecule has 2 heterocycles. The van der Waals surface area contributed by atoms with Crippen LogP contribution in [0.1, 0.15) is 43.7 Å². The number of anilines is 1. The van der Waals surface area contributed by atoms with E-state index < -0.39 is 0 Å². The average molecular weight is 287 g/mol. The number of fused-ring (bicyclic) bond motifs is 1. The molecule has 2 aliphatic rings. The molecule has 0 radical (unpaired) electrons. The summed E-state index contributed by atoms with van der Waals surface area (Å²) in [5, 5.41) is 3.36. The number of hydrogen-bond donors (Lipinski definition) is 1. The molecule has 4 heteroatoms. The smallest absolute Gasteiger partial charge is 0.324 e. The number of nitrogens with one attached hydrogen (secondary N) is 1. The third kappa shape index (κ3) is 2.91. The number of nitrogens with zero attached hydrogens (tertiary/aromatic N) is 2. The molecule has 4 nitrogen and oxygen atoms in total. The maximum Gasteiger partial charge on any atom is 0.324 e. The summed E-state index contributed by atoms with van der Waals surface area (Å²) >= 11 is 0. The Morgan fingerprint density at radius 3 is 2.52 bits per heavy atom. The Morgan fingerprint density at radius 1 is 1.10 bits per heavy atom. The molecule has 0 bridgehead atoms. The van der Waals surface area contributed by atoms with Gasteiger partial charge in [0.2, 0.25) is 0 Å². The van der Waals surface area contributed by atoms with Gasteiger partial charge in [-0.3, -0.25) is 4.90 Å². The van der Waals surface area contributed by atoms with Crippen molar-refractivity contribution in [3.05, 3.63) is 29.8 Å². The van der Waals surface area contributed by atoms with Crippen molar-refractivity contribution in [1.29, 1.82) is 0 Å². The van der Waals surface area contributed by atoms with E-state index in [9.17, 15) is 4.79 Å². The van der Waals surface area contributed by atoms with Crippen LogP contribution >= 0.6 is 0 Å². The topological polar surface area (TPSA) is 35.6 Å². The van der Waals surface area contributed by atoms with Crippen LogP contribution in [-0.2, 0) is 0 Å². The van der Waals surface area contributed by atoms with E-state index in [1.54, 1.807) is 0 Å². The Labute approximate surface area is 127 Å². The van der Waals surface area contributed by atoms with Gasteiger partial charge in [0.25, 0.3) is 0 Å². The van der Waals surface area contributed by atoms with Crippen molar-refractivity contribution in [3.8, 4) is 0 Å². The summed E-state index contributed by atoms with van der Waals surface area (Å²) < 4.78 is 0. The van der Waals surface area contributed by atoms with E-state index in [4.69, 9.17) is 0 Å². The highest BCUT2D eigenvalue weighted by molar-refractivity contribution is 5.93. The van der Waals surface area contributed by atoms with Crippen LogP contribution in [0.5, 0.6) is 0 Å². The fraction of sp³-hybridized carbons (Fsp3) is 0.588. The van der Waals surface area contributed by atoms with Gasteiger partial charge in [-0.15, -0.1) is 0 Å². The summed E-state index contributed by atoms with van der Waals surface area (Å²) in [5.41, 5.74) is 2.33. The van der Waals surface area contributed by atoms with Gasteiger partial charge in [0.15, 0.2) is 0 Å². The molecule has 0 aliphatic carbocycles. The van der Waals surface area contributed by atoms with E-state index in [0.717, 1.165) is 44.6 Å². The molecule has 3 rings (SSSR count). The number of carbonyl (C=O) groups is 1. The maximum absolute atomic E-state index is 12.9. The standard InChI is InChI=1S/C17H25N3O/c1-18-15-10-13-20(16-9-5-4-8-14(15)16)17(21)19-11-6-2-3-7-12-19/h4-5,8-9,15,18H,2-3,6-7,10-13H2,1H3. The van der Waals surface area contributed by atoms with Crippen molar-refractivity contribution in [2.24, 2.45) is 0 Å². The fourth-order valence-electron chi connectivity index (χ4n) is 3.49. The number of amides is 2. The lowest BCUT2D eigenvalue weighted by Gasteiger charge is -2.37.